The number of nitrogens with zero attached hydrogens (tertiary/aromatic N) is 1. The Labute approximate surface area is 105 Å². The van der Waals surface area contributed by atoms with Gasteiger partial charge >= 0.3 is 0 Å². The minimum absolute atomic E-state index is 0.360. The second kappa shape index (κ2) is 5.25. The molecule has 1 aliphatic heterocycles. The molecule has 0 aromatic heterocycles. The van der Waals surface area contributed by atoms with Gasteiger partial charge in [0.15, 0.2) is 0 Å². The molecule has 0 aromatic carbocycles. The fourth-order valence-electron chi connectivity index (χ4n) is 3.17. The van der Waals surface area contributed by atoms with Crippen molar-refractivity contribution in [2.24, 2.45) is 11.8 Å². The Morgan fingerprint density at radius 3 is 2.53 bits per heavy atom. The molecule has 17 heavy (non-hydrogen) atoms. The van der Waals surface area contributed by atoms with Crippen LogP contribution >= 0.6 is 0 Å². The van der Waals surface area contributed by atoms with Gasteiger partial charge in [0, 0.05) is 31.8 Å². The molecule has 2 aliphatic carbocycles. The van der Waals surface area contributed by atoms with Crippen LogP contribution in [0.1, 0.15) is 38.5 Å². The fraction of sp³-hybridized carbons (Fsp3) is 1.00. The van der Waals surface area contributed by atoms with Crippen molar-refractivity contribution in [1.29, 1.82) is 0 Å². The Morgan fingerprint density at radius 2 is 1.88 bits per heavy atom. The van der Waals surface area contributed by atoms with E-state index < -0.39 is 0 Å². The molecule has 1 saturated heterocycles. The van der Waals surface area contributed by atoms with E-state index in [2.05, 4.69) is 10.2 Å². The van der Waals surface area contributed by atoms with Crippen molar-refractivity contribution in [3.8, 4) is 0 Å². The van der Waals surface area contributed by atoms with Crippen LogP contribution < -0.4 is 5.32 Å². The van der Waals surface area contributed by atoms with Crippen molar-refractivity contribution >= 4 is 0 Å². The van der Waals surface area contributed by atoms with Gasteiger partial charge in [-0.05, 0) is 56.9 Å². The van der Waals surface area contributed by atoms with E-state index in [4.69, 9.17) is 5.11 Å². The zero-order valence-electron chi connectivity index (χ0n) is 10.8. The molecule has 0 radical (unpaired) electrons. The maximum Gasteiger partial charge on any atom is 0.0434 e. The topological polar surface area (TPSA) is 35.5 Å². The van der Waals surface area contributed by atoms with E-state index in [1.807, 2.05) is 0 Å². The molecule has 98 valence electrons. The molecule has 2 atom stereocenters. The first-order chi connectivity index (χ1) is 8.35. The van der Waals surface area contributed by atoms with Crippen LogP contribution in [0.2, 0.25) is 0 Å². The molecule has 3 fully saturated rings. The van der Waals surface area contributed by atoms with Crippen LogP contribution in [0.5, 0.6) is 0 Å². The van der Waals surface area contributed by atoms with Crippen LogP contribution in [0, 0.1) is 11.8 Å². The molecule has 3 aliphatic rings. The number of piperidine rings is 1. The molecule has 0 amide bonds. The van der Waals surface area contributed by atoms with Gasteiger partial charge < -0.3 is 10.4 Å². The molecule has 3 heteroatoms. The minimum Gasteiger partial charge on any atom is -0.396 e. The summed E-state index contributed by atoms with van der Waals surface area (Å²) in [6.07, 6.45) is 7.95. The van der Waals surface area contributed by atoms with E-state index in [1.54, 1.807) is 0 Å². The van der Waals surface area contributed by atoms with Gasteiger partial charge in [-0.15, -0.1) is 0 Å². The zero-order valence-corrected chi connectivity index (χ0v) is 10.8. The summed E-state index contributed by atoms with van der Waals surface area (Å²) >= 11 is 0. The summed E-state index contributed by atoms with van der Waals surface area (Å²) in [5, 5.41) is 12.9. The molecule has 0 bridgehead atoms. The highest BCUT2D eigenvalue weighted by Gasteiger charge is 2.36. The summed E-state index contributed by atoms with van der Waals surface area (Å²) in [6, 6.07) is 1.56. The smallest absolute Gasteiger partial charge is 0.0434 e. The summed E-state index contributed by atoms with van der Waals surface area (Å²) in [5.41, 5.74) is 0. The molecular formula is C14H26N2O. The number of aliphatic hydroxyl groups is 1. The Balaban J connectivity index is 1.49. The van der Waals surface area contributed by atoms with Gasteiger partial charge in [-0.25, -0.2) is 0 Å². The van der Waals surface area contributed by atoms with Crippen molar-refractivity contribution in [3.05, 3.63) is 0 Å². The summed E-state index contributed by atoms with van der Waals surface area (Å²) in [4.78, 5) is 2.67. The molecule has 2 saturated carbocycles. The van der Waals surface area contributed by atoms with E-state index in [-0.39, 0.29) is 0 Å². The van der Waals surface area contributed by atoms with Crippen LogP contribution in [0.15, 0.2) is 0 Å². The number of aliphatic hydroxyl groups excluding tert-OH is 1. The highest BCUT2D eigenvalue weighted by molar-refractivity contribution is 4.93. The first-order valence-electron chi connectivity index (χ1n) is 7.43. The lowest BCUT2D eigenvalue weighted by atomic mass is 9.91. The van der Waals surface area contributed by atoms with Crippen molar-refractivity contribution in [3.63, 3.8) is 0 Å². The monoisotopic (exact) mass is 238 g/mol. The van der Waals surface area contributed by atoms with Crippen LogP contribution in [-0.4, -0.2) is 48.3 Å². The van der Waals surface area contributed by atoms with E-state index in [0.717, 1.165) is 18.4 Å². The molecule has 0 spiro atoms. The normalized spacial score (nSPS) is 35.1. The first-order valence-corrected chi connectivity index (χ1v) is 7.43. The lowest BCUT2D eigenvalue weighted by Crippen LogP contribution is -2.50. The van der Waals surface area contributed by atoms with Crippen molar-refractivity contribution in [2.75, 3.05) is 26.2 Å². The Kier molecular flexibility index (Phi) is 3.69. The molecule has 2 N–H and O–H groups in total. The summed E-state index contributed by atoms with van der Waals surface area (Å²) in [7, 11) is 0. The third kappa shape index (κ3) is 3.43. The Hall–Kier alpha value is -0.120. The number of likely N-dealkylation sites (tertiary alicyclic amines) is 1. The maximum absolute atomic E-state index is 9.13. The second-order valence-electron chi connectivity index (χ2n) is 6.35. The van der Waals surface area contributed by atoms with E-state index >= 15 is 0 Å². The predicted molar refractivity (Wildman–Crippen MR) is 68.9 cm³/mol. The van der Waals surface area contributed by atoms with Crippen molar-refractivity contribution in [1.82, 2.24) is 10.2 Å². The lowest BCUT2D eigenvalue weighted by molar-refractivity contribution is 0.114. The van der Waals surface area contributed by atoms with E-state index in [1.165, 1.54) is 51.7 Å². The van der Waals surface area contributed by atoms with Gasteiger partial charge in [-0.2, -0.15) is 0 Å². The average molecular weight is 238 g/mol. The van der Waals surface area contributed by atoms with Crippen LogP contribution in [0.3, 0.4) is 0 Å². The summed E-state index contributed by atoms with van der Waals surface area (Å²) < 4.78 is 0. The van der Waals surface area contributed by atoms with Gasteiger partial charge in [0.2, 0.25) is 0 Å². The molecule has 3 rings (SSSR count). The SMILES string of the molecule is OCCC1CC(NCC2CC2)CN(C2CC2)C1. The van der Waals surface area contributed by atoms with E-state index in [9.17, 15) is 0 Å². The van der Waals surface area contributed by atoms with Gasteiger partial charge in [0.1, 0.15) is 0 Å². The third-order valence-electron chi connectivity index (χ3n) is 4.56. The standard InChI is InChI=1S/C14H26N2O/c17-6-5-12-7-13(15-8-11-1-2-11)10-16(9-12)14-3-4-14/h11-15,17H,1-10H2. The van der Waals surface area contributed by atoms with Crippen molar-refractivity contribution in [2.45, 2.75) is 50.6 Å². The number of hydrogen-bond donors (Lipinski definition) is 2. The average Bonchev–Trinajstić information content (AvgIpc) is 3.17. The second-order valence-corrected chi connectivity index (χ2v) is 6.35. The highest BCUT2D eigenvalue weighted by Crippen LogP contribution is 2.32. The van der Waals surface area contributed by atoms with Gasteiger partial charge in [-0.1, -0.05) is 0 Å². The summed E-state index contributed by atoms with van der Waals surface area (Å²) in [5.74, 6) is 1.69. The van der Waals surface area contributed by atoms with Crippen molar-refractivity contribution < 1.29 is 5.11 Å². The highest BCUT2D eigenvalue weighted by atomic mass is 16.3. The molecule has 1 heterocycles. The molecule has 3 nitrogen and oxygen atoms in total. The van der Waals surface area contributed by atoms with Gasteiger partial charge in [0.25, 0.3) is 0 Å². The van der Waals surface area contributed by atoms with Crippen LogP contribution in [0.25, 0.3) is 0 Å². The minimum atomic E-state index is 0.360. The van der Waals surface area contributed by atoms with Gasteiger partial charge in [-0.3, -0.25) is 4.90 Å². The third-order valence-corrected chi connectivity index (χ3v) is 4.56. The van der Waals surface area contributed by atoms with Gasteiger partial charge in [0.05, 0.1) is 0 Å². The maximum atomic E-state index is 9.13. The quantitative estimate of drug-likeness (QED) is 0.730. The molecular weight excluding hydrogens is 212 g/mol. The number of hydrogen-bond acceptors (Lipinski definition) is 3. The molecule has 0 aromatic rings. The number of nitrogens with one attached hydrogen (secondary N) is 1. The molecule has 2 unspecified atom stereocenters. The zero-order chi connectivity index (χ0) is 11.7. The van der Waals surface area contributed by atoms with E-state index in [0.29, 0.717) is 18.6 Å². The summed E-state index contributed by atoms with van der Waals surface area (Å²) in [6.45, 7) is 4.07. The largest absolute Gasteiger partial charge is 0.396 e. The fourth-order valence-corrected chi connectivity index (χ4v) is 3.17. The van der Waals surface area contributed by atoms with Crippen LogP contribution in [-0.2, 0) is 0 Å². The lowest BCUT2D eigenvalue weighted by Gasteiger charge is -2.38. The number of rotatable bonds is 6. The Morgan fingerprint density at radius 1 is 1.06 bits per heavy atom. The first kappa shape index (κ1) is 11.9. The predicted octanol–water partition coefficient (Wildman–Crippen LogP) is 1.22. The van der Waals surface area contributed by atoms with Crippen LogP contribution in [0.4, 0.5) is 0 Å². The Bertz CT molecular complexity index is 251.